The Morgan fingerprint density at radius 3 is 2.77 bits per heavy atom. The van der Waals surface area contributed by atoms with E-state index >= 15 is 0 Å². The van der Waals surface area contributed by atoms with Crippen LogP contribution in [0.1, 0.15) is 16.8 Å². The number of rotatable bonds is 7. The van der Waals surface area contributed by atoms with Crippen molar-refractivity contribution in [2.45, 2.75) is 20.3 Å². The van der Waals surface area contributed by atoms with Gasteiger partial charge in [-0.05, 0) is 37.5 Å². The molecule has 1 heterocycles. The molecule has 1 N–H and O–H groups in total. The second-order valence-electron chi connectivity index (χ2n) is 4.94. The van der Waals surface area contributed by atoms with Gasteiger partial charge in [0.15, 0.2) is 0 Å². The molecule has 2 aromatic rings. The zero-order valence-electron chi connectivity index (χ0n) is 12.7. The highest BCUT2D eigenvalue weighted by Crippen LogP contribution is 2.21. The standard InChI is InChI=1S/C16H19Cl2N3O/c1-11-9-13(5-6-17)3-4-14(11)22-8-7-19-16-15(18)12(2)20-10-21-16/h3-4,9-10H,5-8H2,1-2H3,(H,19,20,21). The highest BCUT2D eigenvalue weighted by molar-refractivity contribution is 6.33. The van der Waals surface area contributed by atoms with E-state index in [1.54, 1.807) is 0 Å². The molecule has 0 unspecified atom stereocenters. The van der Waals surface area contributed by atoms with Crippen LogP contribution in [0.15, 0.2) is 24.5 Å². The van der Waals surface area contributed by atoms with Crippen LogP contribution < -0.4 is 10.1 Å². The minimum Gasteiger partial charge on any atom is -0.491 e. The van der Waals surface area contributed by atoms with Gasteiger partial charge >= 0.3 is 0 Å². The number of nitrogens with zero attached hydrogens (tertiary/aromatic N) is 2. The fourth-order valence-electron chi connectivity index (χ4n) is 2.05. The number of alkyl halides is 1. The molecule has 6 heteroatoms. The zero-order valence-corrected chi connectivity index (χ0v) is 14.2. The Kier molecular flexibility index (Phi) is 6.28. The lowest BCUT2D eigenvalue weighted by atomic mass is 10.1. The van der Waals surface area contributed by atoms with Crippen molar-refractivity contribution in [1.29, 1.82) is 0 Å². The zero-order chi connectivity index (χ0) is 15.9. The molecule has 1 aromatic heterocycles. The highest BCUT2D eigenvalue weighted by Gasteiger charge is 2.05. The first kappa shape index (κ1) is 16.8. The molecule has 118 valence electrons. The number of benzene rings is 1. The van der Waals surface area contributed by atoms with Crippen molar-refractivity contribution in [3.63, 3.8) is 0 Å². The Hall–Kier alpha value is -1.52. The topological polar surface area (TPSA) is 47.0 Å². The second-order valence-corrected chi connectivity index (χ2v) is 5.69. The predicted molar refractivity (Wildman–Crippen MR) is 91.4 cm³/mol. The van der Waals surface area contributed by atoms with Crippen LogP contribution in [0, 0.1) is 13.8 Å². The summed E-state index contributed by atoms with van der Waals surface area (Å²) in [7, 11) is 0. The first-order valence-electron chi connectivity index (χ1n) is 7.11. The third-order valence-corrected chi connectivity index (χ3v) is 3.88. The first-order chi connectivity index (χ1) is 10.6. The fourth-order valence-corrected chi connectivity index (χ4v) is 2.43. The minimum absolute atomic E-state index is 0.523. The molecule has 0 spiro atoms. The van der Waals surface area contributed by atoms with Crippen molar-refractivity contribution in [2.75, 3.05) is 24.3 Å². The van der Waals surface area contributed by atoms with Crippen molar-refractivity contribution in [3.05, 3.63) is 46.4 Å². The lowest BCUT2D eigenvalue weighted by molar-refractivity contribution is 0.330. The van der Waals surface area contributed by atoms with Gasteiger partial charge in [-0.15, -0.1) is 11.6 Å². The van der Waals surface area contributed by atoms with Crippen LogP contribution in [-0.2, 0) is 6.42 Å². The molecule has 22 heavy (non-hydrogen) atoms. The van der Waals surface area contributed by atoms with E-state index in [0.29, 0.717) is 29.9 Å². The molecule has 0 saturated carbocycles. The van der Waals surface area contributed by atoms with E-state index in [2.05, 4.69) is 21.4 Å². The summed E-state index contributed by atoms with van der Waals surface area (Å²) < 4.78 is 5.78. The number of anilines is 1. The number of aryl methyl sites for hydroxylation is 3. The molecule has 0 bridgehead atoms. The summed E-state index contributed by atoms with van der Waals surface area (Å²) in [5.74, 6) is 2.14. The number of hydrogen-bond donors (Lipinski definition) is 1. The van der Waals surface area contributed by atoms with Crippen molar-refractivity contribution in [3.8, 4) is 5.75 Å². The van der Waals surface area contributed by atoms with Crippen LogP contribution in [0.25, 0.3) is 0 Å². The molecule has 0 amide bonds. The van der Waals surface area contributed by atoms with Crippen molar-refractivity contribution in [2.24, 2.45) is 0 Å². The second kappa shape index (κ2) is 8.20. The van der Waals surface area contributed by atoms with Gasteiger partial charge in [0, 0.05) is 5.88 Å². The number of ether oxygens (including phenoxy) is 1. The first-order valence-corrected chi connectivity index (χ1v) is 8.02. The van der Waals surface area contributed by atoms with E-state index in [-0.39, 0.29) is 0 Å². The van der Waals surface area contributed by atoms with Gasteiger partial charge in [-0.2, -0.15) is 0 Å². The predicted octanol–water partition coefficient (Wildman–Crippen LogP) is 4.02. The van der Waals surface area contributed by atoms with Crippen LogP contribution in [0.5, 0.6) is 5.75 Å². The largest absolute Gasteiger partial charge is 0.491 e. The number of aromatic nitrogens is 2. The summed E-state index contributed by atoms with van der Waals surface area (Å²) in [6.45, 7) is 5.01. The van der Waals surface area contributed by atoms with E-state index < -0.39 is 0 Å². The lowest BCUT2D eigenvalue weighted by Gasteiger charge is -2.12. The third kappa shape index (κ3) is 4.49. The van der Waals surface area contributed by atoms with Gasteiger partial charge in [-0.3, -0.25) is 0 Å². The molecule has 0 atom stereocenters. The molecular formula is C16H19Cl2N3O. The molecule has 0 aliphatic heterocycles. The Labute approximate surface area is 140 Å². The van der Waals surface area contributed by atoms with E-state index in [1.807, 2.05) is 26.0 Å². The normalized spacial score (nSPS) is 10.5. The maximum Gasteiger partial charge on any atom is 0.148 e. The van der Waals surface area contributed by atoms with E-state index in [0.717, 1.165) is 23.4 Å². The van der Waals surface area contributed by atoms with Gasteiger partial charge < -0.3 is 10.1 Å². The molecule has 2 rings (SSSR count). The fraction of sp³-hybridized carbons (Fsp3) is 0.375. The Morgan fingerprint density at radius 1 is 1.23 bits per heavy atom. The van der Waals surface area contributed by atoms with Crippen LogP contribution in [-0.4, -0.2) is 29.0 Å². The Balaban J connectivity index is 1.85. The maximum absolute atomic E-state index is 6.12. The van der Waals surface area contributed by atoms with E-state index in [4.69, 9.17) is 27.9 Å². The van der Waals surface area contributed by atoms with Crippen molar-refractivity contribution >= 4 is 29.0 Å². The SMILES string of the molecule is Cc1cc(CCCl)ccc1OCCNc1ncnc(C)c1Cl. The molecule has 0 saturated heterocycles. The summed E-state index contributed by atoms with van der Waals surface area (Å²) in [6, 6.07) is 6.14. The molecule has 0 fully saturated rings. The summed E-state index contributed by atoms with van der Waals surface area (Å²) >= 11 is 11.9. The number of halogens is 2. The van der Waals surface area contributed by atoms with Gasteiger partial charge in [0.25, 0.3) is 0 Å². The maximum atomic E-state index is 6.12. The molecule has 0 radical (unpaired) electrons. The smallest absolute Gasteiger partial charge is 0.148 e. The van der Waals surface area contributed by atoms with Crippen LogP contribution >= 0.6 is 23.2 Å². The van der Waals surface area contributed by atoms with Crippen LogP contribution in [0.4, 0.5) is 5.82 Å². The quantitative estimate of drug-likeness (QED) is 0.611. The summed E-state index contributed by atoms with van der Waals surface area (Å²) in [5.41, 5.74) is 3.09. The molecule has 0 aliphatic rings. The number of nitrogens with one attached hydrogen (secondary N) is 1. The van der Waals surface area contributed by atoms with Crippen LogP contribution in [0.3, 0.4) is 0 Å². The van der Waals surface area contributed by atoms with Gasteiger partial charge in [-0.25, -0.2) is 9.97 Å². The Bertz CT molecular complexity index is 635. The summed E-state index contributed by atoms with van der Waals surface area (Å²) in [4.78, 5) is 8.14. The van der Waals surface area contributed by atoms with Gasteiger partial charge in [-0.1, -0.05) is 23.7 Å². The highest BCUT2D eigenvalue weighted by atomic mass is 35.5. The molecule has 1 aromatic carbocycles. The Morgan fingerprint density at radius 2 is 2.05 bits per heavy atom. The van der Waals surface area contributed by atoms with Gasteiger partial charge in [0.1, 0.15) is 29.5 Å². The monoisotopic (exact) mass is 339 g/mol. The summed E-state index contributed by atoms with van der Waals surface area (Å²) in [6.07, 6.45) is 2.36. The van der Waals surface area contributed by atoms with Crippen molar-refractivity contribution in [1.82, 2.24) is 9.97 Å². The van der Waals surface area contributed by atoms with Crippen LogP contribution in [0.2, 0.25) is 5.02 Å². The van der Waals surface area contributed by atoms with E-state index in [9.17, 15) is 0 Å². The third-order valence-electron chi connectivity index (χ3n) is 3.24. The molecule has 0 aliphatic carbocycles. The molecule has 4 nitrogen and oxygen atoms in total. The summed E-state index contributed by atoms with van der Waals surface area (Å²) in [5, 5.41) is 3.70. The lowest BCUT2D eigenvalue weighted by Crippen LogP contribution is -2.13. The average molecular weight is 340 g/mol. The minimum atomic E-state index is 0.523. The van der Waals surface area contributed by atoms with Gasteiger partial charge in [0.2, 0.25) is 0 Å². The number of hydrogen-bond acceptors (Lipinski definition) is 4. The molecular weight excluding hydrogens is 321 g/mol. The van der Waals surface area contributed by atoms with Gasteiger partial charge in [0.05, 0.1) is 12.2 Å². The van der Waals surface area contributed by atoms with E-state index in [1.165, 1.54) is 11.9 Å². The average Bonchev–Trinajstić information content (AvgIpc) is 2.50. The van der Waals surface area contributed by atoms with Crippen molar-refractivity contribution < 1.29 is 4.74 Å².